The highest BCUT2D eigenvalue weighted by atomic mass is 35.5. The van der Waals surface area contributed by atoms with Crippen molar-refractivity contribution in [3.63, 3.8) is 0 Å². The van der Waals surface area contributed by atoms with Crippen molar-refractivity contribution in [2.24, 2.45) is 0 Å². The number of nitrogens with zero attached hydrogens (tertiary/aromatic N) is 2. The third-order valence-corrected chi connectivity index (χ3v) is 6.61. The van der Waals surface area contributed by atoms with E-state index in [1.165, 1.54) is 18.4 Å². The Morgan fingerprint density at radius 2 is 1.91 bits per heavy atom. The number of rotatable bonds is 6. The molecule has 0 radical (unpaired) electrons. The van der Waals surface area contributed by atoms with E-state index < -0.39 is 12.0 Å². The number of aromatic carboxylic acids is 1. The van der Waals surface area contributed by atoms with Crippen LogP contribution in [0.5, 0.6) is 0 Å². The number of anilines is 2. The van der Waals surface area contributed by atoms with E-state index in [0.29, 0.717) is 28.2 Å². The van der Waals surface area contributed by atoms with E-state index in [4.69, 9.17) is 16.4 Å². The van der Waals surface area contributed by atoms with E-state index in [-0.39, 0.29) is 11.4 Å². The Hall–Kier alpha value is -3.33. The molecule has 9 heteroatoms. The van der Waals surface area contributed by atoms with Gasteiger partial charge in [-0.15, -0.1) is 11.3 Å². The number of aryl methyl sites for hydroxylation is 2. The van der Waals surface area contributed by atoms with Crippen LogP contribution in [0.25, 0.3) is 10.9 Å². The molecule has 2 aromatic carbocycles. The Balaban J connectivity index is 1.89. The second kappa shape index (κ2) is 9.27. The van der Waals surface area contributed by atoms with Gasteiger partial charge in [-0.2, -0.15) is 5.06 Å². The van der Waals surface area contributed by atoms with Crippen molar-refractivity contribution in [2.75, 3.05) is 17.5 Å². The molecule has 2 aromatic heterocycles. The predicted molar refractivity (Wildman–Crippen MR) is 132 cm³/mol. The van der Waals surface area contributed by atoms with Gasteiger partial charge >= 0.3 is 12.0 Å². The first-order chi connectivity index (χ1) is 15.8. The van der Waals surface area contributed by atoms with Gasteiger partial charge in [-0.3, -0.25) is 4.84 Å². The molecule has 170 valence electrons. The minimum atomic E-state index is -1.19. The number of fused-ring (bicyclic) bond motifs is 1. The fourth-order valence-corrected chi connectivity index (χ4v) is 4.83. The molecule has 0 saturated carbocycles. The topological polar surface area (TPSA) is 83.8 Å². The predicted octanol–water partition coefficient (Wildman–Crippen LogP) is 6.32. The molecular weight excluding hydrogens is 462 g/mol. The molecule has 7 nitrogen and oxygen atoms in total. The monoisotopic (exact) mass is 483 g/mol. The zero-order valence-electron chi connectivity index (χ0n) is 18.3. The second-order valence-electron chi connectivity index (χ2n) is 7.49. The number of carbonyl (C=O) groups is 2. The first-order valence-corrected chi connectivity index (χ1v) is 11.4. The van der Waals surface area contributed by atoms with Crippen molar-refractivity contribution in [2.45, 2.75) is 20.4 Å². The molecule has 0 fully saturated rings. The molecule has 0 aliphatic carbocycles. The molecule has 4 rings (SSSR count). The van der Waals surface area contributed by atoms with Crippen molar-refractivity contribution in [1.29, 1.82) is 0 Å². The van der Waals surface area contributed by atoms with E-state index in [9.17, 15) is 14.7 Å². The van der Waals surface area contributed by atoms with Crippen LogP contribution in [0.2, 0.25) is 5.02 Å². The van der Waals surface area contributed by atoms with Gasteiger partial charge in [-0.1, -0.05) is 41.9 Å². The number of benzene rings is 2. The molecule has 2 heterocycles. The summed E-state index contributed by atoms with van der Waals surface area (Å²) in [6.07, 6.45) is 0. The van der Waals surface area contributed by atoms with Gasteiger partial charge in [0.1, 0.15) is 5.69 Å². The van der Waals surface area contributed by atoms with Gasteiger partial charge in [0.25, 0.3) is 0 Å². The van der Waals surface area contributed by atoms with Crippen LogP contribution in [0.1, 0.15) is 26.5 Å². The molecule has 0 bridgehead atoms. The number of carboxylic acid groups (broad SMARTS) is 1. The first kappa shape index (κ1) is 22.8. The number of carboxylic acids is 1. The number of carbonyl (C=O) groups excluding carboxylic acids is 1. The van der Waals surface area contributed by atoms with E-state index in [1.807, 2.05) is 49.6 Å². The molecule has 33 heavy (non-hydrogen) atoms. The van der Waals surface area contributed by atoms with Crippen LogP contribution < -0.4 is 10.4 Å². The molecule has 4 aromatic rings. The van der Waals surface area contributed by atoms with Crippen LogP contribution >= 0.6 is 22.9 Å². The number of hydroxylamine groups is 1. The van der Waals surface area contributed by atoms with Crippen molar-refractivity contribution in [1.82, 2.24) is 4.57 Å². The third kappa shape index (κ3) is 4.32. The van der Waals surface area contributed by atoms with Crippen molar-refractivity contribution in [3.8, 4) is 0 Å². The summed E-state index contributed by atoms with van der Waals surface area (Å²) in [5.74, 6) is -1.19. The van der Waals surface area contributed by atoms with Crippen LogP contribution in [0.15, 0.2) is 53.9 Å². The first-order valence-electron chi connectivity index (χ1n) is 10.1. The lowest BCUT2D eigenvalue weighted by atomic mass is 10.2. The van der Waals surface area contributed by atoms with Gasteiger partial charge in [0.05, 0.1) is 18.3 Å². The molecule has 2 amide bonds. The second-order valence-corrected chi connectivity index (χ2v) is 9.01. The van der Waals surface area contributed by atoms with Crippen molar-refractivity contribution >= 4 is 57.2 Å². The summed E-state index contributed by atoms with van der Waals surface area (Å²) in [7, 11) is 1.32. The van der Waals surface area contributed by atoms with E-state index >= 15 is 0 Å². The van der Waals surface area contributed by atoms with Crippen molar-refractivity contribution < 1.29 is 19.5 Å². The standard InChI is InChI=1S/C24H22ClN3O4S/c1-14-13-33-15(2)20(14)26-24(31)28(32-3)21-18-11-17(25)9-10-19(18)27(22(21)23(29)30)12-16-7-5-4-6-8-16/h4-11,13H,12H2,1-3H3,(H,26,31)(H,29,30). The third-order valence-electron chi connectivity index (χ3n) is 5.35. The van der Waals surface area contributed by atoms with Crippen LogP contribution in [0, 0.1) is 13.8 Å². The minimum absolute atomic E-state index is 0.0770. The van der Waals surface area contributed by atoms with Crippen molar-refractivity contribution in [3.05, 3.63) is 80.6 Å². The molecule has 0 saturated heterocycles. The van der Waals surface area contributed by atoms with E-state index in [0.717, 1.165) is 21.1 Å². The summed E-state index contributed by atoms with van der Waals surface area (Å²) in [6.45, 7) is 4.09. The molecule has 0 atom stereocenters. The fourth-order valence-electron chi connectivity index (χ4n) is 3.85. The number of hydrogen-bond acceptors (Lipinski definition) is 4. The van der Waals surface area contributed by atoms with Gasteiger partial charge in [-0.25, -0.2) is 9.59 Å². The smallest absolute Gasteiger partial charge is 0.354 e. The molecule has 0 unspecified atom stereocenters. The summed E-state index contributed by atoms with van der Waals surface area (Å²) in [4.78, 5) is 32.1. The molecule has 0 spiro atoms. The maximum Gasteiger partial charge on any atom is 0.354 e. The molecule has 0 aliphatic rings. The zero-order valence-corrected chi connectivity index (χ0v) is 19.8. The SMILES string of the molecule is CON(C(=O)Nc1c(C)csc1C)c1c(C(=O)O)n(Cc2ccccc2)c2ccc(Cl)cc12. The highest BCUT2D eigenvalue weighted by molar-refractivity contribution is 7.10. The lowest BCUT2D eigenvalue weighted by Crippen LogP contribution is -2.35. The number of aromatic nitrogens is 1. The van der Waals surface area contributed by atoms with E-state index in [1.54, 1.807) is 22.8 Å². The van der Waals surface area contributed by atoms with Gasteiger partial charge in [0.2, 0.25) is 0 Å². The molecule has 2 N–H and O–H groups in total. The lowest BCUT2D eigenvalue weighted by molar-refractivity contribution is 0.0684. The average molecular weight is 484 g/mol. The summed E-state index contributed by atoms with van der Waals surface area (Å²) < 4.78 is 1.65. The summed E-state index contributed by atoms with van der Waals surface area (Å²) in [5, 5.41) is 16.9. The van der Waals surface area contributed by atoms with Gasteiger partial charge in [-0.05, 0) is 48.6 Å². The normalized spacial score (nSPS) is 11.0. The Bertz CT molecular complexity index is 1330. The Morgan fingerprint density at radius 3 is 2.52 bits per heavy atom. The minimum Gasteiger partial charge on any atom is -0.477 e. The maximum atomic E-state index is 13.3. The van der Waals surface area contributed by atoms with Gasteiger partial charge in [0, 0.05) is 21.8 Å². The Labute approximate surface area is 199 Å². The van der Waals surface area contributed by atoms with Crippen LogP contribution in [-0.2, 0) is 11.4 Å². The quantitative estimate of drug-likeness (QED) is 0.314. The summed E-state index contributed by atoms with van der Waals surface area (Å²) in [6, 6.07) is 14.0. The number of thiophene rings is 1. The van der Waals surface area contributed by atoms with Gasteiger partial charge < -0.3 is 15.0 Å². The van der Waals surface area contributed by atoms with E-state index in [2.05, 4.69) is 5.32 Å². The molecular formula is C24H22ClN3O4S. The number of hydrogen-bond donors (Lipinski definition) is 2. The fraction of sp³-hybridized carbons (Fsp3) is 0.167. The van der Waals surface area contributed by atoms with Crippen LogP contribution in [-0.4, -0.2) is 28.8 Å². The highest BCUT2D eigenvalue weighted by Gasteiger charge is 2.31. The summed E-state index contributed by atoms with van der Waals surface area (Å²) >= 11 is 7.78. The highest BCUT2D eigenvalue weighted by Crippen LogP contribution is 2.37. The van der Waals surface area contributed by atoms with Gasteiger partial charge in [0.15, 0.2) is 5.69 Å². The maximum absolute atomic E-state index is 13.3. The van der Waals surface area contributed by atoms with Crippen LogP contribution in [0.4, 0.5) is 16.2 Å². The Kier molecular flexibility index (Phi) is 6.42. The lowest BCUT2D eigenvalue weighted by Gasteiger charge is -2.21. The summed E-state index contributed by atoms with van der Waals surface area (Å²) in [5.41, 5.74) is 3.16. The Morgan fingerprint density at radius 1 is 1.18 bits per heavy atom. The van der Waals surface area contributed by atoms with Crippen LogP contribution in [0.3, 0.4) is 0 Å². The number of urea groups is 1. The number of amides is 2. The number of nitrogens with one attached hydrogen (secondary N) is 1. The molecule has 0 aliphatic heterocycles. The largest absolute Gasteiger partial charge is 0.477 e. The zero-order chi connectivity index (χ0) is 23.7. The number of halogens is 1. The average Bonchev–Trinajstić information content (AvgIpc) is 3.27.